The highest BCUT2D eigenvalue weighted by Crippen LogP contribution is 2.07. The van der Waals surface area contributed by atoms with E-state index in [1.165, 1.54) is 0 Å². The van der Waals surface area contributed by atoms with Crippen LogP contribution in [0, 0.1) is 3.57 Å². The lowest BCUT2D eigenvalue weighted by Gasteiger charge is -1.86. The molecule has 0 atom stereocenters. The zero-order valence-electron chi connectivity index (χ0n) is 4.86. The highest BCUT2D eigenvalue weighted by Gasteiger charge is 1.85. The van der Waals surface area contributed by atoms with Gasteiger partial charge in [-0.3, -0.25) is 0 Å². The van der Waals surface area contributed by atoms with Crippen LogP contribution in [-0.4, -0.2) is 4.98 Å². The summed E-state index contributed by atoms with van der Waals surface area (Å²) < 4.78 is 8.07. The Morgan fingerprint density at radius 3 is 3.12 bits per heavy atom. The number of nitrogens with zero attached hydrogens (tertiary/aromatic N) is 1. The van der Waals surface area contributed by atoms with Gasteiger partial charge in [-0.15, -0.1) is 0 Å². The monoisotopic (exact) mass is 240 g/mol. The maximum atomic E-state index is 7.24. The molecule has 8 heavy (non-hydrogen) atoms. The minimum atomic E-state index is 0.266. The summed E-state index contributed by atoms with van der Waals surface area (Å²) in [5.74, 6) is 0. The number of hydrogen-bond donors (Lipinski definition) is 0. The Kier molecular flexibility index (Phi) is 1.65. The molecule has 1 aromatic rings. The van der Waals surface area contributed by atoms with Crippen molar-refractivity contribution in [3.8, 4) is 0 Å². The van der Waals surface area contributed by atoms with E-state index >= 15 is 0 Å². The third kappa shape index (κ3) is 1.59. The predicted molar refractivity (Wildman–Crippen MR) is 42.0 cm³/mol. The largest absolute Gasteiger partial charge is 0.245 e. The molecule has 42 valence electrons. The van der Waals surface area contributed by atoms with Gasteiger partial charge in [0.25, 0.3) is 0 Å². The molecule has 0 saturated heterocycles. The second kappa shape index (κ2) is 2.64. The fourth-order valence-electron chi connectivity index (χ4n) is 0.341. The van der Waals surface area contributed by atoms with E-state index in [1.807, 2.05) is 22.6 Å². The summed E-state index contributed by atoms with van der Waals surface area (Å²) in [6.07, 6.45) is 1.59. The lowest BCUT2D eigenvalue weighted by Crippen LogP contribution is -1.72. The van der Waals surface area contributed by atoms with Crippen LogP contribution in [0.2, 0.25) is 5.15 Å². The van der Waals surface area contributed by atoms with Gasteiger partial charge in [0, 0.05) is 9.77 Å². The van der Waals surface area contributed by atoms with Crippen molar-refractivity contribution in [3.05, 3.63) is 27.0 Å². The summed E-state index contributed by atoms with van der Waals surface area (Å²) in [4.78, 5) is 3.71. The van der Waals surface area contributed by atoms with Crippen LogP contribution in [0.25, 0.3) is 0 Å². The molecule has 0 amide bonds. The van der Waals surface area contributed by atoms with Gasteiger partial charge in [-0.05, 0) is 34.7 Å². The minimum absolute atomic E-state index is 0.266. The second-order valence-electron chi connectivity index (χ2n) is 1.21. The number of rotatable bonds is 0. The smallest absolute Gasteiger partial charge is 0.130 e. The second-order valence-corrected chi connectivity index (χ2v) is 2.73. The van der Waals surface area contributed by atoms with Crippen molar-refractivity contribution in [2.24, 2.45) is 0 Å². The molecule has 0 aliphatic heterocycles. The van der Waals surface area contributed by atoms with Gasteiger partial charge < -0.3 is 0 Å². The van der Waals surface area contributed by atoms with Crippen LogP contribution in [0.5, 0.6) is 0 Å². The average Bonchev–Trinajstić information content (AvgIpc) is 1.83. The minimum Gasteiger partial charge on any atom is -0.245 e. The molecule has 1 heterocycles. The van der Waals surface area contributed by atoms with Gasteiger partial charge in [-0.2, -0.15) is 0 Å². The molecule has 0 unspecified atom stereocenters. The van der Waals surface area contributed by atoms with Crippen molar-refractivity contribution < 1.29 is 1.37 Å². The SMILES string of the molecule is [2H]c1c(I)ccnc1Cl. The van der Waals surface area contributed by atoms with E-state index in [2.05, 4.69) is 4.98 Å². The Balaban J connectivity index is 3.25. The Morgan fingerprint density at radius 2 is 2.62 bits per heavy atom. The highest BCUT2D eigenvalue weighted by molar-refractivity contribution is 14.1. The molecule has 1 rings (SSSR count). The zero-order chi connectivity index (χ0) is 6.85. The maximum Gasteiger partial charge on any atom is 0.130 e. The summed E-state index contributed by atoms with van der Waals surface area (Å²) >= 11 is 7.55. The fourth-order valence-corrected chi connectivity index (χ4v) is 1.07. The van der Waals surface area contributed by atoms with Crippen LogP contribution in [0.3, 0.4) is 0 Å². The number of hydrogen-bond acceptors (Lipinski definition) is 1. The van der Waals surface area contributed by atoms with Crippen LogP contribution >= 0.6 is 34.2 Å². The van der Waals surface area contributed by atoms with Crippen molar-refractivity contribution in [1.29, 1.82) is 0 Å². The highest BCUT2D eigenvalue weighted by atomic mass is 127. The van der Waals surface area contributed by atoms with Crippen molar-refractivity contribution in [2.45, 2.75) is 0 Å². The number of halogens is 2. The van der Waals surface area contributed by atoms with Crippen molar-refractivity contribution in [3.63, 3.8) is 0 Å². The Labute approximate surface area is 67.6 Å². The maximum absolute atomic E-state index is 7.24. The van der Waals surface area contributed by atoms with Crippen LogP contribution < -0.4 is 0 Å². The first-order valence-electron chi connectivity index (χ1n) is 2.48. The third-order valence-corrected chi connectivity index (χ3v) is 1.45. The van der Waals surface area contributed by atoms with Crippen molar-refractivity contribution in [1.82, 2.24) is 4.98 Å². The Hall–Kier alpha value is 0.170. The van der Waals surface area contributed by atoms with Gasteiger partial charge in [-0.1, -0.05) is 11.6 Å². The van der Waals surface area contributed by atoms with Gasteiger partial charge in [0.2, 0.25) is 0 Å². The molecule has 0 radical (unpaired) electrons. The van der Waals surface area contributed by atoms with Gasteiger partial charge >= 0.3 is 0 Å². The average molecular weight is 240 g/mol. The Bertz CT molecular complexity index is 208. The molecule has 0 aromatic carbocycles. The van der Waals surface area contributed by atoms with Crippen LogP contribution in [0.4, 0.5) is 0 Å². The number of pyridine rings is 1. The first kappa shape index (κ1) is 4.99. The van der Waals surface area contributed by atoms with E-state index in [0.29, 0.717) is 6.04 Å². The molecule has 0 saturated carbocycles. The lowest BCUT2D eigenvalue weighted by atomic mass is 10.5. The van der Waals surface area contributed by atoms with Crippen LogP contribution in [0.1, 0.15) is 1.37 Å². The van der Waals surface area contributed by atoms with E-state index in [-0.39, 0.29) is 5.15 Å². The fraction of sp³-hybridized carbons (Fsp3) is 0. The van der Waals surface area contributed by atoms with E-state index in [9.17, 15) is 0 Å². The standard InChI is InChI=1S/C5H3ClIN/c6-5-3-4(7)1-2-8-5/h1-3H/i3D. The molecule has 0 aliphatic rings. The van der Waals surface area contributed by atoms with Crippen molar-refractivity contribution in [2.75, 3.05) is 0 Å². The summed E-state index contributed by atoms with van der Waals surface area (Å²) in [5.41, 5.74) is 0. The van der Waals surface area contributed by atoms with E-state index in [4.69, 9.17) is 13.0 Å². The zero-order valence-corrected chi connectivity index (χ0v) is 6.77. The molecular formula is C5H3ClIN. The van der Waals surface area contributed by atoms with E-state index < -0.39 is 0 Å². The third-order valence-electron chi connectivity index (χ3n) is 0.631. The Morgan fingerprint density at radius 1 is 1.88 bits per heavy atom. The summed E-state index contributed by atoms with van der Waals surface area (Å²) in [7, 11) is 0. The summed E-state index contributed by atoms with van der Waals surface area (Å²) in [6, 6.07) is 2.05. The molecule has 3 heteroatoms. The van der Waals surface area contributed by atoms with Gasteiger partial charge in [0.05, 0.1) is 1.37 Å². The molecule has 1 nitrogen and oxygen atoms in total. The van der Waals surface area contributed by atoms with E-state index in [0.717, 1.165) is 3.57 Å². The molecule has 0 fully saturated rings. The molecule has 0 N–H and O–H groups in total. The summed E-state index contributed by atoms with van der Waals surface area (Å²) in [5, 5.41) is 0.266. The topological polar surface area (TPSA) is 12.9 Å². The predicted octanol–water partition coefficient (Wildman–Crippen LogP) is 2.34. The first-order valence-corrected chi connectivity index (χ1v) is 3.44. The van der Waals surface area contributed by atoms with Gasteiger partial charge in [-0.25, -0.2) is 4.98 Å². The molecule has 0 spiro atoms. The molecule has 0 bridgehead atoms. The number of aromatic nitrogens is 1. The van der Waals surface area contributed by atoms with Crippen LogP contribution in [0.15, 0.2) is 18.3 Å². The normalized spacial score (nSPS) is 11.0. The lowest BCUT2D eigenvalue weighted by molar-refractivity contribution is 1.32. The first-order chi connectivity index (χ1) is 4.22. The molecule has 1 aromatic heterocycles. The quantitative estimate of drug-likeness (QED) is 0.501. The van der Waals surface area contributed by atoms with E-state index in [1.54, 1.807) is 12.3 Å². The van der Waals surface area contributed by atoms with Gasteiger partial charge in [0.1, 0.15) is 5.15 Å². The van der Waals surface area contributed by atoms with Gasteiger partial charge in [0.15, 0.2) is 0 Å². The summed E-state index contributed by atoms with van der Waals surface area (Å²) in [6.45, 7) is 0. The van der Waals surface area contributed by atoms with Crippen LogP contribution in [-0.2, 0) is 0 Å². The molecular weight excluding hydrogens is 236 g/mol. The molecule has 0 aliphatic carbocycles. The van der Waals surface area contributed by atoms with Crippen molar-refractivity contribution >= 4 is 34.2 Å².